The number of benzene rings is 3. The smallest absolute Gasteiger partial charge is 0.227 e. The summed E-state index contributed by atoms with van der Waals surface area (Å²) in [5.41, 5.74) is 3.96. The van der Waals surface area contributed by atoms with Crippen molar-refractivity contribution in [1.82, 2.24) is 14.7 Å². The minimum Gasteiger partial charge on any atom is -0.497 e. The number of ether oxygens (including phenoxy) is 2. The van der Waals surface area contributed by atoms with Crippen molar-refractivity contribution in [3.63, 3.8) is 0 Å². The van der Waals surface area contributed by atoms with E-state index in [4.69, 9.17) is 14.6 Å². The van der Waals surface area contributed by atoms with Gasteiger partial charge in [0.15, 0.2) is 0 Å². The Balaban J connectivity index is 1.63. The molecular formula is C30H35N3O3. The zero-order valence-electron chi connectivity index (χ0n) is 21.3. The molecule has 0 saturated heterocycles. The second-order valence-electron chi connectivity index (χ2n) is 8.98. The fraction of sp³-hybridized carbons (Fsp3) is 0.300. The van der Waals surface area contributed by atoms with Gasteiger partial charge in [0.2, 0.25) is 5.88 Å². The van der Waals surface area contributed by atoms with E-state index in [0.717, 1.165) is 41.2 Å². The Morgan fingerprint density at radius 2 is 1.64 bits per heavy atom. The summed E-state index contributed by atoms with van der Waals surface area (Å²) in [5, 5.41) is 15.7. The summed E-state index contributed by atoms with van der Waals surface area (Å²) in [6, 6.07) is 27.7. The van der Waals surface area contributed by atoms with Crippen molar-refractivity contribution in [2.24, 2.45) is 0 Å². The van der Waals surface area contributed by atoms with E-state index < -0.39 is 6.10 Å². The van der Waals surface area contributed by atoms with Gasteiger partial charge in [-0.1, -0.05) is 61.5 Å². The van der Waals surface area contributed by atoms with Crippen LogP contribution in [0.25, 0.3) is 5.69 Å². The maximum absolute atomic E-state index is 10.9. The molecular weight excluding hydrogens is 450 g/mol. The van der Waals surface area contributed by atoms with Crippen LogP contribution in [0.3, 0.4) is 0 Å². The van der Waals surface area contributed by atoms with Crippen LogP contribution in [0.4, 0.5) is 0 Å². The molecule has 0 saturated carbocycles. The molecule has 1 N–H and O–H groups in total. The minimum absolute atomic E-state index is 0.467. The first-order chi connectivity index (χ1) is 17.6. The number of aliphatic hydroxyl groups is 1. The van der Waals surface area contributed by atoms with Gasteiger partial charge in [-0.05, 0) is 56.1 Å². The van der Waals surface area contributed by atoms with Gasteiger partial charge in [-0.25, -0.2) is 4.68 Å². The van der Waals surface area contributed by atoms with E-state index in [2.05, 4.69) is 24.0 Å². The summed E-state index contributed by atoms with van der Waals surface area (Å²) in [4.78, 5) is 2.28. The average Bonchev–Trinajstić information content (AvgIpc) is 3.20. The third-order valence-electron chi connectivity index (χ3n) is 6.10. The highest BCUT2D eigenvalue weighted by Crippen LogP contribution is 2.33. The first kappa shape index (κ1) is 25.5. The van der Waals surface area contributed by atoms with Crippen molar-refractivity contribution in [3.8, 4) is 23.1 Å². The number of aryl methyl sites for hydroxylation is 1. The molecule has 0 aliphatic carbocycles. The molecule has 3 aromatic carbocycles. The zero-order chi connectivity index (χ0) is 25.3. The summed E-state index contributed by atoms with van der Waals surface area (Å²) in [7, 11) is 1.65. The lowest BCUT2D eigenvalue weighted by Crippen LogP contribution is -2.34. The molecule has 0 unspecified atom stereocenters. The van der Waals surface area contributed by atoms with Crippen LogP contribution in [0.2, 0.25) is 0 Å². The maximum Gasteiger partial charge on any atom is 0.227 e. The van der Waals surface area contributed by atoms with Gasteiger partial charge in [-0.15, -0.1) is 0 Å². The molecule has 1 atom stereocenters. The topological polar surface area (TPSA) is 59.8 Å². The molecule has 36 heavy (non-hydrogen) atoms. The standard InChI is InChI=1S/C30H35N3O3/c1-4-18-32(21-26(34)19-24-12-7-5-8-13-24)22-29-23(2)31-33(25-14-9-6-10-15-25)30(29)36-28-17-11-16-27(20-28)35-3/h5-17,20,26,34H,4,18-19,21-22H2,1-3H3/t26-/m0/s1. The van der Waals surface area contributed by atoms with Gasteiger partial charge >= 0.3 is 0 Å². The van der Waals surface area contributed by atoms with Crippen molar-refractivity contribution >= 4 is 0 Å². The maximum atomic E-state index is 10.9. The van der Waals surface area contributed by atoms with Gasteiger partial charge in [-0.3, -0.25) is 4.90 Å². The normalized spacial score (nSPS) is 12.0. The fourth-order valence-electron chi connectivity index (χ4n) is 4.37. The molecule has 0 amide bonds. The Labute approximate surface area is 213 Å². The number of hydrogen-bond donors (Lipinski definition) is 1. The van der Waals surface area contributed by atoms with Crippen LogP contribution in [0.15, 0.2) is 84.9 Å². The number of rotatable bonds is 12. The molecule has 0 radical (unpaired) electrons. The van der Waals surface area contributed by atoms with Gasteiger partial charge in [0.05, 0.1) is 30.2 Å². The highest BCUT2D eigenvalue weighted by molar-refractivity contribution is 5.44. The zero-order valence-corrected chi connectivity index (χ0v) is 21.3. The molecule has 0 fully saturated rings. The summed E-state index contributed by atoms with van der Waals surface area (Å²) in [5.74, 6) is 2.08. The molecule has 4 rings (SSSR count). The van der Waals surface area contributed by atoms with Crippen LogP contribution in [0.1, 0.15) is 30.2 Å². The molecule has 0 spiro atoms. The summed E-state index contributed by atoms with van der Waals surface area (Å²) >= 11 is 0. The van der Waals surface area contributed by atoms with Crippen LogP contribution < -0.4 is 9.47 Å². The highest BCUT2D eigenvalue weighted by Gasteiger charge is 2.22. The van der Waals surface area contributed by atoms with E-state index in [1.54, 1.807) is 7.11 Å². The first-order valence-electron chi connectivity index (χ1n) is 12.5. The number of nitrogens with zero attached hydrogens (tertiary/aromatic N) is 3. The van der Waals surface area contributed by atoms with Crippen molar-refractivity contribution in [2.75, 3.05) is 20.2 Å². The largest absolute Gasteiger partial charge is 0.497 e. The van der Waals surface area contributed by atoms with E-state index in [1.165, 1.54) is 0 Å². The summed E-state index contributed by atoms with van der Waals surface area (Å²) in [6.45, 7) is 6.22. The number of hydrogen-bond acceptors (Lipinski definition) is 5. The third-order valence-corrected chi connectivity index (χ3v) is 6.10. The van der Waals surface area contributed by atoms with E-state index in [1.807, 2.05) is 84.4 Å². The molecule has 1 aromatic heterocycles. The van der Waals surface area contributed by atoms with Gasteiger partial charge < -0.3 is 14.6 Å². The number of aromatic nitrogens is 2. The van der Waals surface area contributed by atoms with Crippen LogP contribution in [0, 0.1) is 6.92 Å². The fourth-order valence-corrected chi connectivity index (χ4v) is 4.37. The molecule has 6 nitrogen and oxygen atoms in total. The van der Waals surface area contributed by atoms with Crippen LogP contribution in [-0.4, -0.2) is 46.1 Å². The molecule has 1 heterocycles. The number of aliphatic hydroxyl groups excluding tert-OH is 1. The Hall–Kier alpha value is -3.61. The van der Waals surface area contributed by atoms with Crippen molar-refractivity contribution in [3.05, 3.63) is 102 Å². The lowest BCUT2D eigenvalue weighted by atomic mass is 10.1. The molecule has 0 bridgehead atoms. The van der Waals surface area contributed by atoms with E-state index in [-0.39, 0.29) is 0 Å². The summed E-state index contributed by atoms with van der Waals surface area (Å²) < 4.78 is 13.7. The third kappa shape index (κ3) is 6.53. The Bertz CT molecular complexity index is 1220. The molecule has 0 aliphatic rings. The lowest BCUT2D eigenvalue weighted by molar-refractivity contribution is 0.108. The minimum atomic E-state index is -0.467. The van der Waals surface area contributed by atoms with Gasteiger partial charge in [-0.2, -0.15) is 5.10 Å². The SMILES string of the molecule is CCCN(Cc1c(C)nn(-c2ccccc2)c1Oc1cccc(OC)c1)C[C@@H](O)Cc1ccccc1. The van der Waals surface area contributed by atoms with Crippen LogP contribution in [-0.2, 0) is 13.0 Å². The van der Waals surface area contributed by atoms with Crippen molar-refractivity contribution < 1.29 is 14.6 Å². The molecule has 0 aliphatic heterocycles. The predicted octanol–water partition coefficient (Wildman–Crippen LogP) is 5.80. The summed E-state index contributed by atoms with van der Waals surface area (Å²) in [6.07, 6.45) is 1.14. The highest BCUT2D eigenvalue weighted by atomic mass is 16.5. The van der Waals surface area contributed by atoms with E-state index >= 15 is 0 Å². The number of para-hydroxylation sites is 1. The second kappa shape index (κ2) is 12.4. The molecule has 188 valence electrons. The first-order valence-corrected chi connectivity index (χ1v) is 12.5. The van der Waals surface area contributed by atoms with Crippen molar-refractivity contribution in [2.45, 2.75) is 39.3 Å². The van der Waals surface area contributed by atoms with Crippen molar-refractivity contribution in [1.29, 1.82) is 0 Å². The Morgan fingerprint density at radius 1 is 0.944 bits per heavy atom. The Kier molecular flexibility index (Phi) is 8.76. The Morgan fingerprint density at radius 3 is 2.33 bits per heavy atom. The van der Waals surface area contributed by atoms with Gasteiger partial charge in [0.1, 0.15) is 11.5 Å². The van der Waals surface area contributed by atoms with Gasteiger partial charge in [0, 0.05) is 19.2 Å². The number of methoxy groups -OCH3 is 1. The second-order valence-corrected chi connectivity index (χ2v) is 8.98. The monoisotopic (exact) mass is 485 g/mol. The van der Waals surface area contributed by atoms with Crippen LogP contribution >= 0.6 is 0 Å². The molecule has 4 aromatic rings. The van der Waals surface area contributed by atoms with E-state index in [0.29, 0.717) is 31.1 Å². The quantitative estimate of drug-likeness (QED) is 0.275. The predicted molar refractivity (Wildman–Crippen MR) is 143 cm³/mol. The molecule has 6 heteroatoms. The van der Waals surface area contributed by atoms with Crippen LogP contribution in [0.5, 0.6) is 17.4 Å². The lowest BCUT2D eigenvalue weighted by Gasteiger charge is -2.25. The van der Waals surface area contributed by atoms with Gasteiger partial charge in [0.25, 0.3) is 0 Å². The van der Waals surface area contributed by atoms with E-state index in [9.17, 15) is 5.11 Å². The average molecular weight is 486 g/mol.